The molecule has 29 heavy (non-hydrogen) atoms. The van der Waals surface area contributed by atoms with E-state index in [1.165, 1.54) is 4.90 Å². The molecule has 3 aromatic carbocycles. The quantitative estimate of drug-likeness (QED) is 0.396. The first-order valence-corrected chi connectivity index (χ1v) is 9.48. The third-order valence-corrected chi connectivity index (χ3v) is 5.44. The van der Waals surface area contributed by atoms with Crippen molar-refractivity contribution in [2.24, 2.45) is 0 Å². The fourth-order valence-corrected chi connectivity index (χ4v) is 3.78. The van der Waals surface area contributed by atoms with Crippen LogP contribution in [-0.2, 0) is 9.59 Å². The average Bonchev–Trinajstić information content (AvgIpc) is 3.01. The molecule has 144 valence electrons. The molecule has 1 unspecified atom stereocenters. The first-order chi connectivity index (χ1) is 14.0. The molecule has 0 bridgehead atoms. The molecule has 0 spiro atoms. The first kappa shape index (κ1) is 18.7. The third kappa shape index (κ3) is 3.13. The third-order valence-electron chi connectivity index (χ3n) is 5.44. The summed E-state index contributed by atoms with van der Waals surface area (Å²) >= 11 is 0. The van der Waals surface area contributed by atoms with Gasteiger partial charge in [0.2, 0.25) is 0 Å². The van der Waals surface area contributed by atoms with E-state index >= 15 is 0 Å². The largest absolute Gasteiger partial charge is 0.507 e. The van der Waals surface area contributed by atoms with E-state index in [1.807, 2.05) is 68.4 Å². The highest BCUT2D eigenvalue weighted by molar-refractivity contribution is 6.51. The number of carbonyl (C=O) groups excluding carboxylic acids is 2. The molecule has 0 aromatic heterocycles. The summed E-state index contributed by atoms with van der Waals surface area (Å²) in [6.07, 6.45) is 0. The van der Waals surface area contributed by atoms with Gasteiger partial charge < -0.3 is 5.11 Å². The Balaban J connectivity index is 1.98. The second-order valence-electron chi connectivity index (χ2n) is 7.16. The molecule has 4 nitrogen and oxygen atoms in total. The molecular formula is C25H21NO3. The normalized spacial score (nSPS) is 18.3. The molecule has 1 amide bonds. The molecule has 1 N–H and O–H groups in total. The molecular weight excluding hydrogens is 362 g/mol. The van der Waals surface area contributed by atoms with Gasteiger partial charge in [-0.2, -0.15) is 0 Å². The van der Waals surface area contributed by atoms with Crippen LogP contribution in [0.25, 0.3) is 5.76 Å². The summed E-state index contributed by atoms with van der Waals surface area (Å²) in [6.45, 7) is 3.90. The van der Waals surface area contributed by atoms with Crippen LogP contribution in [0.15, 0.2) is 84.4 Å². The zero-order valence-electron chi connectivity index (χ0n) is 16.3. The van der Waals surface area contributed by atoms with E-state index in [1.54, 1.807) is 24.3 Å². The lowest BCUT2D eigenvalue weighted by molar-refractivity contribution is -0.132. The predicted octanol–water partition coefficient (Wildman–Crippen LogP) is 4.93. The maximum absolute atomic E-state index is 13.1. The van der Waals surface area contributed by atoms with Crippen molar-refractivity contribution in [3.8, 4) is 0 Å². The summed E-state index contributed by atoms with van der Waals surface area (Å²) in [7, 11) is 0. The molecule has 4 heteroatoms. The predicted molar refractivity (Wildman–Crippen MR) is 114 cm³/mol. The molecule has 1 atom stereocenters. The Morgan fingerprint density at radius 2 is 1.45 bits per heavy atom. The zero-order chi connectivity index (χ0) is 20.5. The number of aliphatic hydroxyl groups excluding tert-OH is 1. The number of hydrogen-bond donors (Lipinski definition) is 1. The summed E-state index contributed by atoms with van der Waals surface area (Å²) in [5, 5.41) is 11.0. The Labute approximate surface area is 169 Å². The first-order valence-electron chi connectivity index (χ1n) is 9.48. The number of benzene rings is 3. The van der Waals surface area contributed by atoms with Gasteiger partial charge in [-0.3, -0.25) is 14.5 Å². The lowest BCUT2D eigenvalue weighted by Crippen LogP contribution is -2.30. The van der Waals surface area contributed by atoms with Crippen molar-refractivity contribution < 1.29 is 14.7 Å². The average molecular weight is 383 g/mol. The van der Waals surface area contributed by atoms with Gasteiger partial charge in [0.05, 0.1) is 11.6 Å². The van der Waals surface area contributed by atoms with Gasteiger partial charge >= 0.3 is 0 Å². The van der Waals surface area contributed by atoms with Gasteiger partial charge in [-0.1, -0.05) is 72.8 Å². The highest BCUT2D eigenvalue weighted by Crippen LogP contribution is 2.43. The van der Waals surface area contributed by atoms with Crippen LogP contribution in [0.3, 0.4) is 0 Å². The van der Waals surface area contributed by atoms with Gasteiger partial charge in [-0.05, 0) is 36.6 Å². The van der Waals surface area contributed by atoms with Crippen LogP contribution in [0.2, 0.25) is 0 Å². The van der Waals surface area contributed by atoms with Crippen LogP contribution in [0.5, 0.6) is 0 Å². The molecule has 1 heterocycles. The number of amides is 1. The van der Waals surface area contributed by atoms with Gasteiger partial charge in [0.15, 0.2) is 0 Å². The Morgan fingerprint density at radius 1 is 0.828 bits per heavy atom. The Bertz CT molecular complexity index is 1120. The molecule has 3 aromatic rings. The van der Waals surface area contributed by atoms with Crippen molar-refractivity contribution >= 4 is 23.1 Å². The topological polar surface area (TPSA) is 57.6 Å². The van der Waals surface area contributed by atoms with Gasteiger partial charge in [0, 0.05) is 11.3 Å². The van der Waals surface area contributed by atoms with Crippen molar-refractivity contribution in [1.82, 2.24) is 0 Å². The van der Waals surface area contributed by atoms with Crippen molar-refractivity contribution in [3.63, 3.8) is 0 Å². The number of ketones is 1. The number of rotatable bonds is 3. The van der Waals surface area contributed by atoms with Crippen LogP contribution >= 0.6 is 0 Å². The van der Waals surface area contributed by atoms with Crippen LogP contribution in [0.1, 0.15) is 28.3 Å². The lowest BCUT2D eigenvalue weighted by Gasteiger charge is -2.27. The monoisotopic (exact) mass is 383 g/mol. The maximum atomic E-state index is 13.1. The van der Waals surface area contributed by atoms with E-state index in [0.717, 1.165) is 16.7 Å². The standard InChI is InChI=1S/C25H21NO3/c1-16-10-9-15-20(17(16)2)26-22(18-11-5-3-6-12-18)21(24(28)25(26)29)23(27)19-13-7-4-8-14-19/h3-15,22,27H,1-2H3/b23-21+. The fraction of sp³-hybridized carbons (Fsp3) is 0.120. The van der Waals surface area contributed by atoms with E-state index in [4.69, 9.17) is 0 Å². The Morgan fingerprint density at radius 3 is 2.10 bits per heavy atom. The van der Waals surface area contributed by atoms with Crippen LogP contribution in [-0.4, -0.2) is 16.8 Å². The van der Waals surface area contributed by atoms with Gasteiger partial charge in [0.25, 0.3) is 11.7 Å². The fourth-order valence-electron chi connectivity index (χ4n) is 3.78. The van der Waals surface area contributed by atoms with Gasteiger partial charge in [-0.15, -0.1) is 0 Å². The van der Waals surface area contributed by atoms with Gasteiger partial charge in [0.1, 0.15) is 5.76 Å². The van der Waals surface area contributed by atoms with Crippen molar-refractivity contribution in [3.05, 3.63) is 107 Å². The van der Waals surface area contributed by atoms with Crippen LogP contribution in [0, 0.1) is 13.8 Å². The van der Waals surface area contributed by atoms with Gasteiger partial charge in [-0.25, -0.2) is 0 Å². The molecule has 0 radical (unpaired) electrons. The summed E-state index contributed by atoms with van der Waals surface area (Å²) in [5.74, 6) is -1.48. The SMILES string of the molecule is Cc1cccc(N2C(=O)C(=O)/C(=C(/O)c3ccccc3)C2c2ccccc2)c1C. The Kier molecular flexibility index (Phi) is 4.77. The van der Waals surface area contributed by atoms with E-state index in [-0.39, 0.29) is 11.3 Å². The summed E-state index contributed by atoms with van der Waals surface area (Å²) in [5.41, 5.74) is 4.01. The molecule has 1 saturated heterocycles. The minimum Gasteiger partial charge on any atom is -0.507 e. The second kappa shape index (κ2) is 7.40. The summed E-state index contributed by atoms with van der Waals surface area (Å²) in [6, 6.07) is 23.2. The molecule has 0 saturated carbocycles. The molecule has 1 aliphatic rings. The number of aliphatic hydroxyl groups is 1. The summed E-state index contributed by atoms with van der Waals surface area (Å²) in [4.78, 5) is 27.7. The van der Waals surface area contributed by atoms with E-state index < -0.39 is 17.7 Å². The number of aryl methyl sites for hydroxylation is 1. The van der Waals surface area contributed by atoms with Crippen molar-refractivity contribution in [2.45, 2.75) is 19.9 Å². The number of nitrogens with zero attached hydrogens (tertiary/aromatic N) is 1. The van der Waals surface area contributed by atoms with E-state index in [2.05, 4.69) is 0 Å². The molecule has 1 aliphatic heterocycles. The van der Waals surface area contributed by atoms with Crippen molar-refractivity contribution in [2.75, 3.05) is 4.90 Å². The van der Waals surface area contributed by atoms with Crippen LogP contribution < -0.4 is 4.90 Å². The molecule has 1 fully saturated rings. The number of Topliss-reactive ketones (excluding diaryl/α,β-unsaturated/α-hetero) is 1. The molecule has 4 rings (SSSR count). The highest BCUT2D eigenvalue weighted by Gasteiger charge is 2.47. The zero-order valence-corrected chi connectivity index (χ0v) is 16.3. The minimum absolute atomic E-state index is 0.105. The molecule has 0 aliphatic carbocycles. The van der Waals surface area contributed by atoms with Crippen LogP contribution in [0.4, 0.5) is 5.69 Å². The maximum Gasteiger partial charge on any atom is 0.300 e. The van der Waals surface area contributed by atoms with Crippen molar-refractivity contribution in [1.29, 1.82) is 0 Å². The minimum atomic E-state index is -0.697. The Hall–Kier alpha value is -3.66. The van der Waals surface area contributed by atoms with E-state index in [0.29, 0.717) is 11.3 Å². The smallest absolute Gasteiger partial charge is 0.300 e. The second-order valence-corrected chi connectivity index (χ2v) is 7.16. The summed E-state index contributed by atoms with van der Waals surface area (Å²) < 4.78 is 0. The number of anilines is 1. The number of hydrogen-bond acceptors (Lipinski definition) is 3. The van der Waals surface area contributed by atoms with E-state index in [9.17, 15) is 14.7 Å². The number of carbonyl (C=O) groups is 2. The lowest BCUT2D eigenvalue weighted by atomic mass is 9.95. The highest BCUT2D eigenvalue weighted by atomic mass is 16.3.